The summed E-state index contributed by atoms with van der Waals surface area (Å²) in [6, 6.07) is 10.9. The lowest BCUT2D eigenvalue weighted by molar-refractivity contribution is 0.409. The second-order valence-electron chi connectivity index (χ2n) is 8.19. The summed E-state index contributed by atoms with van der Waals surface area (Å²) in [6.07, 6.45) is 10.1. The van der Waals surface area contributed by atoms with Crippen LogP contribution in [0, 0.1) is 6.92 Å². The summed E-state index contributed by atoms with van der Waals surface area (Å²) in [7, 11) is 1.99. The number of halogens is 1. The van der Waals surface area contributed by atoms with Crippen LogP contribution < -0.4 is 10.6 Å². The number of nitrogens with one attached hydrogen (secondary N) is 2. The second kappa shape index (κ2) is 12.0. The molecule has 8 nitrogen and oxygen atoms in total. The summed E-state index contributed by atoms with van der Waals surface area (Å²) < 4.78 is 3.95. The first-order chi connectivity index (χ1) is 15.2. The highest BCUT2D eigenvalue weighted by molar-refractivity contribution is 14.0. The lowest BCUT2D eigenvalue weighted by Gasteiger charge is -2.25. The van der Waals surface area contributed by atoms with Crippen LogP contribution in [0.2, 0.25) is 0 Å². The molecule has 0 unspecified atom stereocenters. The molecular formula is C23H33IN8. The van der Waals surface area contributed by atoms with E-state index in [-0.39, 0.29) is 24.0 Å². The van der Waals surface area contributed by atoms with Crippen molar-refractivity contribution >= 4 is 29.9 Å². The molecule has 1 aliphatic carbocycles. The van der Waals surface area contributed by atoms with E-state index in [1.54, 1.807) is 0 Å². The van der Waals surface area contributed by atoms with Crippen LogP contribution >= 0.6 is 24.0 Å². The molecule has 2 aromatic heterocycles. The quantitative estimate of drug-likeness (QED) is 0.268. The molecule has 1 aromatic carbocycles. The van der Waals surface area contributed by atoms with Crippen molar-refractivity contribution in [2.45, 2.75) is 64.7 Å². The van der Waals surface area contributed by atoms with Crippen molar-refractivity contribution in [1.29, 1.82) is 0 Å². The van der Waals surface area contributed by atoms with Gasteiger partial charge in [0.25, 0.3) is 0 Å². The minimum absolute atomic E-state index is 0. The third-order valence-corrected chi connectivity index (χ3v) is 5.96. The van der Waals surface area contributed by atoms with Gasteiger partial charge in [-0.3, -0.25) is 4.68 Å². The van der Waals surface area contributed by atoms with E-state index in [1.807, 2.05) is 41.7 Å². The first kappa shape index (κ1) is 24.2. The van der Waals surface area contributed by atoms with Crippen molar-refractivity contribution in [2.24, 2.45) is 12.0 Å². The topological polar surface area (TPSA) is 85.0 Å². The first-order valence-corrected chi connectivity index (χ1v) is 11.1. The molecule has 1 aliphatic rings. The van der Waals surface area contributed by atoms with Crippen molar-refractivity contribution in [3.63, 3.8) is 0 Å². The van der Waals surface area contributed by atoms with Gasteiger partial charge in [0.1, 0.15) is 5.82 Å². The Morgan fingerprint density at radius 2 is 1.88 bits per heavy atom. The number of rotatable bonds is 7. The normalized spacial score (nSPS) is 14.8. The predicted octanol–water partition coefficient (Wildman–Crippen LogP) is 3.55. The van der Waals surface area contributed by atoms with Gasteiger partial charge in [-0.15, -0.1) is 34.2 Å². The van der Waals surface area contributed by atoms with Crippen molar-refractivity contribution in [3.05, 3.63) is 65.5 Å². The van der Waals surface area contributed by atoms with Gasteiger partial charge in [-0.1, -0.05) is 43.5 Å². The molecule has 1 saturated carbocycles. The van der Waals surface area contributed by atoms with Gasteiger partial charge in [0.05, 0.1) is 19.6 Å². The molecule has 0 radical (unpaired) electrons. The van der Waals surface area contributed by atoms with Crippen LogP contribution in [0.5, 0.6) is 0 Å². The van der Waals surface area contributed by atoms with Gasteiger partial charge in [-0.25, -0.2) is 4.99 Å². The molecule has 0 aliphatic heterocycles. The number of hydrogen-bond acceptors (Lipinski definition) is 4. The molecule has 0 saturated heterocycles. The van der Waals surface area contributed by atoms with E-state index in [1.165, 1.54) is 43.2 Å². The van der Waals surface area contributed by atoms with Gasteiger partial charge < -0.3 is 15.2 Å². The Labute approximate surface area is 206 Å². The van der Waals surface area contributed by atoms with Crippen molar-refractivity contribution in [3.8, 4) is 0 Å². The maximum absolute atomic E-state index is 4.94. The smallest absolute Gasteiger partial charge is 0.192 e. The van der Waals surface area contributed by atoms with Crippen LogP contribution in [-0.4, -0.2) is 36.5 Å². The Bertz CT molecular complexity index is 989. The minimum atomic E-state index is 0. The van der Waals surface area contributed by atoms with Crippen LogP contribution in [0.1, 0.15) is 54.9 Å². The fourth-order valence-electron chi connectivity index (χ4n) is 3.96. The maximum Gasteiger partial charge on any atom is 0.192 e. The summed E-state index contributed by atoms with van der Waals surface area (Å²) in [6.45, 7) is 3.90. The Morgan fingerprint density at radius 1 is 1.09 bits per heavy atom. The van der Waals surface area contributed by atoms with Gasteiger partial charge in [-0.2, -0.15) is 5.10 Å². The summed E-state index contributed by atoms with van der Waals surface area (Å²) in [4.78, 5) is 4.94. The zero-order chi connectivity index (χ0) is 21.5. The van der Waals surface area contributed by atoms with Crippen molar-refractivity contribution in [1.82, 2.24) is 35.2 Å². The van der Waals surface area contributed by atoms with Crippen LogP contribution in [0.3, 0.4) is 0 Å². The van der Waals surface area contributed by atoms with Gasteiger partial charge in [0.15, 0.2) is 11.8 Å². The molecule has 0 bridgehead atoms. The van der Waals surface area contributed by atoms with E-state index in [2.05, 4.69) is 50.2 Å². The zero-order valence-corrected chi connectivity index (χ0v) is 21.2. The Kier molecular flexibility index (Phi) is 9.07. The predicted molar refractivity (Wildman–Crippen MR) is 137 cm³/mol. The molecule has 2 heterocycles. The Balaban J connectivity index is 0.00000289. The average molecular weight is 548 g/mol. The van der Waals surface area contributed by atoms with Crippen molar-refractivity contribution in [2.75, 3.05) is 0 Å². The lowest BCUT2D eigenvalue weighted by atomic mass is 9.96. The third kappa shape index (κ3) is 6.54. The van der Waals surface area contributed by atoms with Crippen LogP contribution in [0.15, 0.2) is 47.7 Å². The number of aromatic nitrogens is 5. The standard InChI is InChI=1S/C23H32N8.HI/c1-18-28-29-22(30(18)2)16-25-23(27-21-11-4-3-5-12-21)24-15-19-9-6-7-10-20(19)17-31-14-8-13-26-31;/h6-10,13-14,21H,3-5,11-12,15-17H2,1-2H3,(H2,24,25,27);1H. The summed E-state index contributed by atoms with van der Waals surface area (Å²) in [5.41, 5.74) is 2.44. The fraction of sp³-hybridized carbons (Fsp3) is 0.478. The molecule has 1 fully saturated rings. The van der Waals surface area contributed by atoms with Crippen LogP contribution in [0.4, 0.5) is 0 Å². The van der Waals surface area contributed by atoms with Crippen molar-refractivity contribution < 1.29 is 0 Å². The monoisotopic (exact) mass is 548 g/mol. The molecule has 3 aromatic rings. The SMILES string of the molecule is Cc1nnc(CNC(=NCc2ccccc2Cn2cccn2)NC2CCCCC2)n1C.I. The van der Waals surface area contributed by atoms with E-state index >= 15 is 0 Å². The highest BCUT2D eigenvalue weighted by atomic mass is 127. The van der Waals surface area contributed by atoms with Gasteiger partial charge in [0, 0.05) is 25.5 Å². The molecule has 0 atom stereocenters. The first-order valence-electron chi connectivity index (χ1n) is 11.1. The van der Waals surface area contributed by atoms with Crippen LogP contribution in [-0.2, 0) is 26.7 Å². The molecular weight excluding hydrogens is 515 g/mol. The average Bonchev–Trinajstić information content (AvgIpc) is 3.42. The zero-order valence-electron chi connectivity index (χ0n) is 18.9. The summed E-state index contributed by atoms with van der Waals surface area (Å²) in [5, 5.41) is 19.9. The maximum atomic E-state index is 4.94. The number of hydrogen-bond donors (Lipinski definition) is 2. The number of aliphatic imine (C=N–C) groups is 1. The number of benzene rings is 1. The number of nitrogens with zero attached hydrogens (tertiary/aromatic N) is 6. The minimum Gasteiger partial charge on any atom is -0.354 e. The second-order valence-corrected chi connectivity index (χ2v) is 8.19. The van der Waals surface area contributed by atoms with Gasteiger partial charge >= 0.3 is 0 Å². The molecule has 0 spiro atoms. The molecule has 4 rings (SSSR count). The molecule has 2 N–H and O–H groups in total. The number of guanidine groups is 1. The number of aryl methyl sites for hydroxylation is 1. The largest absolute Gasteiger partial charge is 0.354 e. The molecule has 32 heavy (non-hydrogen) atoms. The van der Waals surface area contributed by atoms with E-state index in [0.29, 0.717) is 19.1 Å². The van der Waals surface area contributed by atoms with E-state index in [0.717, 1.165) is 24.2 Å². The van der Waals surface area contributed by atoms with Gasteiger partial charge in [-0.05, 0) is 37.0 Å². The summed E-state index contributed by atoms with van der Waals surface area (Å²) >= 11 is 0. The molecule has 0 amide bonds. The molecule has 172 valence electrons. The van der Waals surface area contributed by atoms with E-state index < -0.39 is 0 Å². The third-order valence-electron chi connectivity index (χ3n) is 5.96. The summed E-state index contributed by atoms with van der Waals surface area (Å²) in [5.74, 6) is 2.64. The Morgan fingerprint density at radius 3 is 2.56 bits per heavy atom. The lowest BCUT2D eigenvalue weighted by Crippen LogP contribution is -2.44. The van der Waals surface area contributed by atoms with Crippen LogP contribution in [0.25, 0.3) is 0 Å². The highest BCUT2D eigenvalue weighted by Crippen LogP contribution is 2.17. The van der Waals surface area contributed by atoms with Gasteiger partial charge in [0.2, 0.25) is 0 Å². The molecule has 9 heteroatoms. The van der Waals surface area contributed by atoms with E-state index in [9.17, 15) is 0 Å². The highest BCUT2D eigenvalue weighted by Gasteiger charge is 2.15. The Hall–Kier alpha value is -2.43. The van der Waals surface area contributed by atoms with E-state index in [4.69, 9.17) is 4.99 Å². The fourth-order valence-corrected chi connectivity index (χ4v) is 3.96.